The Labute approximate surface area is 80.7 Å². The number of nitrogens with zero attached hydrogens (tertiary/aromatic N) is 1. The first-order valence-corrected chi connectivity index (χ1v) is 5.16. The van der Waals surface area contributed by atoms with E-state index < -0.39 is 0 Å². The number of ether oxygens (including phenoxy) is 1. The molecule has 1 unspecified atom stereocenters. The lowest BCUT2D eigenvalue weighted by Crippen LogP contribution is -2.45. The van der Waals surface area contributed by atoms with Crippen LogP contribution in [0.4, 0.5) is 0 Å². The van der Waals surface area contributed by atoms with E-state index in [4.69, 9.17) is 4.74 Å². The number of hydrogen-bond acceptors (Lipinski definition) is 3. The zero-order chi connectivity index (χ0) is 9.68. The van der Waals surface area contributed by atoms with Gasteiger partial charge in [-0.05, 0) is 12.3 Å². The maximum absolute atomic E-state index is 9.24. The molecule has 1 fully saturated rings. The van der Waals surface area contributed by atoms with Crippen LogP contribution in [0.25, 0.3) is 0 Å². The SMILES string of the molecule is CC(C)CC(CO)N1CCOCC1. The Morgan fingerprint density at radius 2 is 1.92 bits per heavy atom. The molecule has 0 aromatic rings. The van der Waals surface area contributed by atoms with Crippen LogP contribution >= 0.6 is 0 Å². The highest BCUT2D eigenvalue weighted by Gasteiger charge is 2.20. The number of hydrogen-bond donors (Lipinski definition) is 1. The van der Waals surface area contributed by atoms with Crippen molar-refractivity contribution in [3.8, 4) is 0 Å². The Morgan fingerprint density at radius 1 is 1.31 bits per heavy atom. The van der Waals surface area contributed by atoms with Crippen LogP contribution in [0.1, 0.15) is 20.3 Å². The highest BCUT2D eigenvalue weighted by molar-refractivity contribution is 4.74. The molecule has 0 radical (unpaired) electrons. The van der Waals surface area contributed by atoms with E-state index in [2.05, 4.69) is 18.7 Å². The lowest BCUT2D eigenvalue weighted by atomic mass is 10.0. The highest BCUT2D eigenvalue weighted by Crippen LogP contribution is 2.12. The van der Waals surface area contributed by atoms with Crippen molar-refractivity contribution < 1.29 is 9.84 Å². The van der Waals surface area contributed by atoms with Crippen LogP contribution in [0.2, 0.25) is 0 Å². The highest BCUT2D eigenvalue weighted by atomic mass is 16.5. The summed E-state index contributed by atoms with van der Waals surface area (Å²) in [6.07, 6.45) is 1.08. The Balaban J connectivity index is 2.34. The van der Waals surface area contributed by atoms with Crippen LogP contribution in [0.15, 0.2) is 0 Å². The predicted molar refractivity (Wildman–Crippen MR) is 52.7 cm³/mol. The van der Waals surface area contributed by atoms with Gasteiger partial charge in [0.1, 0.15) is 0 Å². The van der Waals surface area contributed by atoms with Crippen LogP contribution in [-0.2, 0) is 4.74 Å². The van der Waals surface area contributed by atoms with Gasteiger partial charge in [-0.2, -0.15) is 0 Å². The molecular weight excluding hydrogens is 166 g/mol. The Morgan fingerprint density at radius 3 is 2.38 bits per heavy atom. The molecule has 3 heteroatoms. The van der Waals surface area contributed by atoms with Gasteiger partial charge in [0.15, 0.2) is 0 Å². The zero-order valence-corrected chi connectivity index (χ0v) is 8.70. The topological polar surface area (TPSA) is 32.7 Å². The molecule has 0 spiro atoms. The Kier molecular flexibility index (Phi) is 4.70. The molecular formula is C10H21NO2. The van der Waals surface area contributed by atoms with Crippen LogP contribution in [0.3, 0.4) is 0 Å². The molecule has 78 valence electrons. The van der Waals surface area contributed by atoms with Gasteiger partial charge in [0.25, 0.3) is 0 Å². The molecule has 1 aliphatic rings. The van der Waals surface area contributed by atoms with Gasteiger partial charge in [-0.25, -0.2) is 0 Å². The molecule has 0 amide bonds. The second-order valence-corrected chi connectivity index (χ2v) is 4.11. The minimum Gasteiger partial charge on any atom is -0.395 e. The zero-order valence-electron chi connectivity index (χ0n) is 8.70. The van der Waals surface area contributed by atoms with Crippen molar-refractivity contribution in [3.63, 3.8) is 0 Å². The van der Waals surface area contributed by atoms with E-state index in [-0.39, 0.29) is 6.61 Å². The summed E-state index contributed by atoms with van der Waals surface area (Å²) in [5.41, 5.74) is 0. The third-order valence-corrected chi connectivity index (χ3v) is 2.52. The third-order valence-electron chi connectivity index (χ3n) is 2.52. The fraction of sp³-hybridized carbons (Fsp3) is 1.00. The summed E-state index contributed by atoms with van der Waals surface area (Å²) in [5.74, 6) is 0.653. The Hall–Kier alpha value is -0.120. The van der Waals surface area contributed by atoms with Gasteiger partial charge in [-0.15, -0.1) is 0 Å². The summed E-state index contributed by atoms with van der Waals surface area (Å²) in [7, 11) is 0. The molecule has 1 rings (SSSR count). The largest absolute Gasteiger partial charge is 0.395 e. The molecule has 1 atom stereocenters. The first kappa shape index (κ1) is 11.0. The van der Waals surface area contributed by atoms with Crippen LogP contribution in [0, 0.1) is 5.92 Å². The van der Waals surface area contributed by atoms with E-state index in [1.165, 1.54) is 0 Å². The van der Waals surface area contributed by atoms with Crippen LogP contribution in [0.5, 0.6) is 0 Å². The van der Waals surface area contributed by atoms with Crippen molar-refractivity contribution in [2.75, 3.05) is 32.9 Å². The molecule has 0 aromatic carbocycles. The number of morpholine rings is 1. The molecule has 0 saturated carbocycles. The van der Waals surface area contributed by atoms with Gasteiger partial charge >= 0.3 is 0 Å². The van der Waals surface area contributed by atoms with Gasteiger partial charge < -0.3 is 9.84 Å². The van der Waals surface area contributed by atoms with E-state index in [0.717, 1.165) is 32.7 Å². The summed E-state index contributed by atoms with van der Waals surface area (Å²) in [5, 5.41) is 9.24. The summed E-state index contributed by atoms with van der Waals surface area (Å²) in [4.78, 5) is 2.34. The second kappa shape index (κ2) is 5.58. The summed E-state index contributed by atoms with van der Waals surface area (Å²) in [6.45, 7) is 8.24. The molecule has 0 aliphatic carbocycles. The fourth-order valence-corrected chi connectivity index (χ4v) is 1.83. The van der Waals surface area contributed by atoms with Crippen molar-refractivity contribution in [1.29, 1.82) is 0 Å². The first-order chi connectivity index (χ1) is 6.24. The smallest absolute Gasteiger partial charge is 0.0594 e. The van der Waals surface area contributed by atoms with E-state index >= 15 is 0 Å². The van der Waals surface area contributed by atoms with Gasteiger partial charge in [-0.3, -0.25) is 4.90 Å². The normalized spacial score (nSPS) is 22.2. The van der Waals surface area contributed by atoms with Crippen molar-refractivity contribution >= 4 is 0 Å². The van der Waals surface area contributed by atoms with Crippen molar-refractivity contribution in [2.24, 2.45) is 5.92 Å². The monoisotopic (exact) mass is 187 g/mol. The van der Waals surface area contributed by atoms with E-state index in [1.54, 1.807) is 0 Å². The second-order valence-electron chi connectivity index (χ2n) is 4.11. The van der Waals surface area contributed by atoms with E-state index in [0.29, 0.717) is 12.0 Å². The van der Waals surface area contributed by atoms with Crippen molar-refractivity contribution in [1.82, 2.24) is 4.90 Å². The molecule has 1 saturated heterocycles. The lowest BCUT2D eigenvalue weighted by molar-refractivity contribution is -0.00182. The van der Waals surface area contributed by atoms with Crippen LogP contribution in [-0.4, -0.2) is 49.0 Å². The minimum absolute atomic E-state index is 0.276. The minimum atomic E-state index is 0.276. The number of aliphatic hydroxyl groups excluding tert-OH is 1. The summed E-state index contributed by atoms with van der Waals surface area (Å²) in [6, 6.07) is 0.337. The number of aliphatic hydroxyl groups is 1. The van der Waals surface area contributed by atoms with Crippen molar-refractivity contribution in [3.05, 3.63) is 0 Å². The summed E-state index contributed by atoms with van der Waals surface area (Å²) >= 11 is 0. The fourth-order valence-electron chi connectivity index (χ4n) is 1.83. The van der Waals surface area contributed by atoms with E-state index in [1.807, 2.05) is 0 Å². The maximum Gasteiger partial charge on any atom is 0.0594 e. The van der Waals surface area contributed by atoms with Crippen LogP contribution < -0.4 is 0 Å². The Bertz CT molecular complexity index is 133. The van der Waals surface area contributed by atoms with Gasteiger partial charge in [0, 0.05) is 19.1 Å². The molecule has 1 heterocycles. The van der Waals surface area contributed by atoms with Gasteiger partial charge in [-0.1, -0.05) is 13.8 Å². The first-order valence-electron chi connectivity index (χ1n) is 5.16. The molecule has 3 nitrogen and oxygen atoms in total. The standard InChI is InChI=1S/C10H21NO2/c1-9(2)7-10(8-12)11-3-5-13-6-4-11/h9-10,12H,3-8H2,1-2H3. The third kappa shape index (κ3) is 3.63. The molecule has 0 aromatic heterocycles. The molecule has 1 aliphatic heterocycles. The molecule has 1 N–H and O–H groups in total. The lowest BCUT2D eigenvalue weighted by Gasteiger charge is -2.34. The predicted octanol–water partition coefficient (Wildman–Crippen LogP) is 0.726. The molecule has 0 bridgehead atoms. The average molecular weight is 187 g/mol. The maximum atomic E-state index is 9.24. The van der Waals surface area contributed by atoms with E-state index in [9.17, 15) is 5.11 Å². The molecule has 13 heavy (non-hydrogen) atoms. The quantitative estimate of drug-likeness (QED) is 0.704. The number of rotatable bonds is 4. The van der Waals surface area contributed by atoms with Gasteiger partial charge in [0.2, 0.25) is 0 Å². The van der Waals surface area contributed by atoms with Crippen molar-refractivity contribution in [2.45, 2.75) is 26.3 Å². The summed E-state index contributed by atoms with van der Waals surface area (Å²) < 4.78 is 5.28. The van der Waals surface area contributed by atoms with Gasteiger partial charge in [0.05, 0.1) is 19.8 Å². The average Bonchev–Trinajstić information content (AvgIpc) is 2.15.